The van der Waals surface area contributed by atoms with Crippen molar-refractivity contribution in [3.63, 3.8) is 0 Å². The predicted molar refractivity (Wildman–Crippen MR) is 108 cm³/mol. The van der Waals surface area contributed by atoms with Gasteiger partial charge in [-0.3, -0.25) is 9.69 Å². The van der Waals surface area contributed by atoms with Crippen molar-refractivity contribution in [2.75, 3.05) is 13.2 Å². The van der Waals surface area contributed by atoms with Gasteiger partial charge >= 0.3 is 12.1 Å². The summed E-state index contributed by atoms with van der Waals surface area (Å²) < 4.78 is 5.15. The van der Waals surface area contributed by atoms with Gasteiger partial charge in [0.05, 0.1) is 18.8 Å². The lowest BCUT2D eigenvalue weighted by molar-refractivity contribution is -0.137. The maximum absolute atomic E-state index is 12.1. The van der Waals surface area contributed by atoms with Crippen LogP contribution in [0.5, 0.6) is 0 Å². The molecule has 3 unspecified atom stereocenters. The lowest BCUT2D eigenvalue weighted by Crippen LogP contribution is -2.44. The molecule has 1 heterocycles. The minimum Gasteiger partial charge on any atom is -0.481 e. The van der Waals surface area contributed by atoms with Gasteiger partial charge in [0.15, 0.2) is 0 Å². The molecule has 1 saturated carbocycles. The van der Waals surface area contributed by atoms with E-state index in [9.17, 15) is 14.7 Å². The summed E-state index contributed by atoms with van der Waals surface area (Å²) in [6, 6.07) is -0.0788. The predicted octanol–water partition coefficient (Wildman–Crippen LogP) is 4.14. The standard InChI is InChI=1S/C22H35NO5/c1-17-7-6-8-18(15-17)16-20(24)11-10-19-12-14-28-22(27)23(19)13-5-3-2-4-9-21(25)26/h3,5,10-11,17-20,24H,2,4,6-9,12-16H2,1H3,(H,25,26)/b5-3-,11-10+/t17?,18?,19-,20?/m0/s1. The smallest absolute Gasteiger partial charge is 0.410 e. The summed E-state index contributed by atoms with van der Waals surface area (Å²) in [6.45, 7) is 3.11. The third-order valence-electron chi connectivity index (χ3n) is 5.68. The van der Waals surface area contributed by atoms with Crippen LogP contribution in [0.2, 0.25) is 0 Å². The van der Waals surface area contributed by atoms with Gasteiger partial charge in [0.25, 0.3) is 0 Å². The molecule has 1 aliphatic carbocycles. The minimum atomic E-state index is -0.792. The van der Waals surface area contributed by atoms with Gasteiger partial charge < -0.3 is 14.9 Å². The summed E-state index contributed by atoms with van der Waals surface area (Å²) in [5.74, 6) is 0.546. The van der Waals surface area contributed by atoms with E-state index in [4.69, 9.17) is 9.84 Å². The Bertz CT molecular complexity index is 559. The van der Waals surface area contributed by atoms with Crippen LogP contribution >= 0.6 is 0 Å². The first-order valence-corrected chi connectivity index (χ1v) is 10.6. The topological polar surface area (TPSA) is 87.1 Å². The Morgan fingerprint density at radius 2 is 2.14 bits per heavy atom. The average Bonchev–Trinajstić information content (AvgIpc) is 2.64. The minimum absolute atomic E-state index is 0.0788. The van der Waals surface area contributed by atoms with E-state index >= 15 is 0 Å². The van der Waals surface area contributed by atoms with Crippen LogP contribution in [0.1, 0.15) is 64.7 Å². The van der Waals surface area contributed by atoms with Gasteiger partial charge in [-0.2, -0.15) is 0 Å². The maximum atomic E-state index is 12.1. The van der Waals surface area contributed by atoms with Gasteiger partial charge in [-0.25, -0.2) is 4.79 Å². The fraction of sp³-hybridized carbons (Fsp3) is 0.727. The van der Waals surface area contributed by atoms with Crippen LogP contribution in [0.15, 0.2) is 24.3 Å². The Morgan fingerprint density at radius 3 is 2.89 bits per heavy atom. The molecule has 0 radical (unpaired) electrons. The summed E-state index contributed by atoms with van der Waals surface area (Å²) in [7, 11) is 0. The molecule has 1 saturated heterocycles. The van der Waals surface area contributed by atoms with E-state index in [0.717, 1.165) is 12.3 Å². The van der Waals surface area contributed by atoms with Crippen molar-refractivity contribution in [1.82, 2.24) is 4.90 Å². The van der Waals surface area contributed by atoms with Gasteiger partial charge in [0, 0.05) is 19.4 Å². The van der Waals surface area contributed by atoms with E-state index in [1.54, 1.807) is 4.90 Å². The molecule has 0 bridgehead atoms. The van der Waals surface area contributed by atoms with Crippen LogP contribution < -0.4 is 0 Å². The van der Waals surface area contributed by atoms with Crippen molar-refractivity contribution >= 4 is 12.1 Å². The zero-order valence-corrected chi connectivity index (χ0v) is 17.0. The van der Waals surface area contributed by atoms with Crippen LogP contribution in [-0.2, 0) is 9.53 Å². The molecule has 0 aromatic heterocycles. The number of ether oxygens (including phenoxy) is 1. The number of unbranched alkanes of at least 4 members (excludes halogenated alkanes) is 1. The van der Waals surface area contributed by atoms with Crippen LogP contribution in [0.4, 0.5) is 4.79 Å². The molecule has 2 rings (SSSR count). The molecule has 28 heavy (non-hydrogen) atoms. The molecule has 0 spiro atoms. The van der Waals surface area contributed by atoms with Gasteiger partial charge in [0.1, 0.15) is 0 Å². The summed E-state index contributed by atoms with van der Waals surface area (Å²) in [4.78, 5) is 24.3. The van der Waals surface area contributed by atoms with Crippen LogP contribution in [-0.4, -0.2) is 52.5 Å². The molecule has 6 heteroatoms. The molecule has 6 nitrogen and oxygen atoms in total. The highest BCUT2D eigenvalue weighted by Crippen LogP contribution is 2.31. The summed E-state index contributed by atoms with van der Waals surface area (Å²) in [6.07, 6.45) is 14.6. The Morgan fingerprint density at radius 1 is 1.32 bits per heavy atom. The van der Waals surface area contributed by atoms with Crippen molar-refractivity contribution in [3.05, 3.63) is 24.3 Å². The van der Waals surface area contributed by atoms with Crippen LogP contribution in [0.3, 0.4) is 0 Å². The van der Waals surface area contributed by atoms with E-state index < -0.39 is 12.1 Å². The summed E-state index contributed by atoms with van der Waals surface area (Å²) >= 11 is 0. The van der Waals surface area contributed by atoms with Crippen LogP contribution in [0, 0.1) is 11.8 Å². The molecule has 1 aliphatic heterocycles. The number of nitrogens with zero attached hydrogens (tertiary/aromatic N) is 1. The molecule has 1 amide bonds. The molecule has 2 aliphatic rings. The number of carboxylic acid groups (broad SMARTS) is 1. The number of carbonyl (C=O) groups is 2. The first-order chi connectivity index (χ1) is 13.5. The molecule has 158 valence electrons. The number of aliphatic hydroxyl groups is 1. The molecule has 2 N–H and O–H groups in total. The Labute approximate surface area is 168 Å². The zero-order chi connectivity index (χ0) is 20.4. The van der Waals surface area contributed by atoms with Gasteiger partial charge in [-0.15, -0.1) is 0 Å². The van der Waals surface area contributed by atoms with E-state index in [0.29, 0.717) is 38.3 Å². The highest BCUT2D eigenvalue weighted by Gasteiger charge is 2.27. The Kier molecular flexibility index (Phi) is 9.55. The van der Waals surface area contributed by atoms with Crippen molar-refractivity contribution in [1.29, 1.82) is 0 Å². The highest BCUT2D eigenvalue weighted by atomic mass is 16.6. The molecule has 0 aromatic carbocycles. The number of carboxylic acids is 1. The van der Waals surface area contributed by atoms with Gasteiger partial charge in [0.2, 0.25) is 0 Å². The lowest BCUT2D eigenvalue weighted by atomic mass is 9.80. The number of rotatable bonds is 10. The second-order valence-corrected chi connectivity index (χ2v) is 8.21. The monoisotopic (exact) mass is 393 g/mol. The number of allylic oxidation sites excluding steroid dienone is 1. The number of hydrogen-bond acceptors (Lipinski definition) is 4. The number of aliphatic carboxylic acids is 1. The molecular formula is C22H35NO5. The van der Waals surface area contributed by atoms with E-state index in [1.807, 2.05) is 24.3 Å². The fourth-order valence-corrected chi connectivity index (χ4v) is 4.18. The van der Waals surface area contributed by atoms with Crippen LogP contribution in [0.25, 0.3) is 0 Å². The second-order valence-electron chi connectivity index (χ2n) is 8.21. The number of aliphatic hydroxyl groups excluding tert-OH is 1. The average molecular weight is 394 g/mol. The van der Waals surface area contributed by atoms with Crippen molar-refractivity contribution in [3.8, 4) is 0 Å². The maximum Gasteiger partial charge on any atom is 0.410 e. The third kappa shape index (κ3) is 8.05. The number of amides is 1. The zero-order valence-electron chi connectivity index (χ0n) is 17.0. The summed E-state index contributed by atoms with van der Waals surface area (Å²) in [5.41, 5.74) is 0. The Hall–Kier alpha value is -1.82. The number of cyclic esters (lactones) is 1. The quantitative estimate of drug-likeness (QED) is 0.430. The van der Waals surface area contributed by atoms with Crippen molar-refractivity contribution in [2.24, 2.45) is 11.8 Å². The van der Waals surface area contributed by atoms with Crippen molar-refractivity contribution < 1.29 is 24.5 Å². The van der Waals surface area contributed by atoms with Gasteiger partial charge in [-0.05, 0) is 37.5 Å². The van der Waals surface area contributed by atoms with Crippen molar-refractivity contribution in [2.45, 2.75) is 76.9 Å². The largest absolute Gasteiger partial charge is 0.481 e. The number of hydrogen-bond donors (Lipinski definition) is 2. The normalized spacial score (nSPS) is 27.3. The molecular weight excluding hydrogens is 358 g/mol. The third-order valence-corrected chi connectivity index (χ3v) is 5.68. The first kappa shape index (κ1) is 22.5. The van der Waals surface area contributed by atoms with E-state index in [-0.39, 0.29) is 18.6 Å². The molecule has 2 fully saturated rings. The summed E-state index contributed by atoms with van der Waals surface area (Å²) in [5, 5.41) is 19.0. The lowest BCUT2D eigenvalue weighted by Gasteiger charge is -2.32. The second kappa shape index (κ2) is 11.9. The van der Waals surface area contributed by atoms with E-state index in [1.165, 1.54) is 25.7 Å². The molecule has 0 aromatic rings. The Balaban J connectivity index is 1.81. The molecule has 4 atom stereocenters. The number of carbonyl (C=O) groups excluding carboxylic acids is 1. The fourth-order valence-electron chi connectivity index (χ4n) is 4.18. The SMILES string of the molecule is CC1CCCC(CC(O)/C=C/[C@H]2CCOC(=O)N2C/C=C\CCCC(=O)O)C1. The first-order valence-electron chi connectivity index (χ1n) is 10.6. The van der Waals surface area contributed by atoms with E-state index in [2.05, 4.69) is 6.92 Å². The highest BCUT2D eigenvalue weighted by molar-refractivity contribution is 5.69. The van der Waals surface area contributed by atoms with Gasteiger partial charge in [-0.1, -0.05) is 50.5 Å².